The lowest BCUT2D eigenvalue weighted by Crippen LogP contribution is -2.72. The Balaban J connectivity index is 1.43. The first-order valence-corrected chi connectivity index (χ1v) is 16.0. The Morgan fingerprint density at radius 2 is 1.57 bits per heavy atom. The Kier molecular flexibility index (Phi) is 7.90. The van der Waals surface area contributed by atoms with E-state index in [4.69, 9.17) is 9.16 Å². The number of nitrogens with one attached hydrogen (secondary N) is 1. The number of ether oxygens (including phenoxy) is 1. The highest BCUT2D eigenvalue weighted by molar-refractivity contribution is 6.77. The number of hydrogen-bond donors (Lipinski definition) is 1. The monoisotopic (exact) mass is 508 g/mol. The zero-order chi connectivity index (χ0) is 25.4. The molecule has 2 aliphatic carbocycles. The maximum absolute atomic E-state index is 14.9. The summed E-state index contributed by atoms with van der Waals surface area (Å²) in [5.74, 6) is 0.196. The van der Waals surface area contributed by atoms with E-state index in [-0.39, 0.29) is 27.9 Å². The summed E-state index contributed by atoms with van der Waals surface area (Å²) in [4.78, 5) is 2.54. The van der Waals surface area contributed by atoms with Crippen LogP contribution in [0.15, 0.2) is 24.3 Å². The van der Waals surface area contributed by atoms with E-state index in [1.807, 2.05) is 12.1 Å². The third kappa shape index (κ3) is 5.42. The van der Waals surface area contributed by atoms with Crippen molar-refractivity contribution >= 4 is 14.0 Å². The summed E-state index contributed by atoms with van der Waals surface area (Å²) < 4.78 is 41.1. The van der Waals surface area contributed by atoms with Crippen LogP contribution in [0, 0.1) is 0 Å². The van der Waals surface area contributed by atoms with Gasteiger partial charge < -0.3 is 19.4 Å². The summed E-state index contributed by atoms with van der Waals surface area (Å²) >= 11 is 0. The average molecular weight is 509 g/mol. The molecule has 7 heteroatoms. The van der Waals surface area contributed by atoms with Gasteiger partial charge in [0.1, 0.15) is 12.4 Å². The Labute approximate surface area is 212 Å². The average Bonchev–Trinajstić information content (AvgIpc) is 2.77. The molecular weight excluding hydrogens is 462 g/mol. The molecule has 0 radical (unpaired) electrons. The number of anilines is 1. The van der Waals surface area contributed by atoms with Crippen molar-refractivity contribution in [1.29, 1.82) is 0 Å². The second-order valence-electron chi connectivity index (χ2n) is 12.2. The van der Waals surface area contributed by atoms with Crippen LogP contribution >= 0.6 is 0 Å². The third-order valence-electron chi connectivity index (χ3n) is 9.04. The molecule has 3 fully saturated rings. The van der Waals surface area contributed by atoms with Gasteiger partial charge in [-0.05, 0) is 73.0 Å². The molecule has 1 aliphatic heterocycles. The first kappa shape index (κ1) is 26.9. The number of rotatable bonds is 9. The van der Waals surface area contributed by atoms with Crippen LogP contribution in [0.2, 0.25) is 16.6 Å². The van der Waals surface area contributed by atoms with Gasteiger partial charge in [-0.2, -0.15) is 8.78 Å². The number of halogens is 2. The molecule has 1 aromatic carbocycles. The Morgan fingerprint density at radius 1 is 0.971 bits per heavy atom. The van der Waals surface area contributed by atoms with Crippen LogP contribution in [0.3, 0.4) is 0 Å². The molecule has 4 nitrogen and oxygen atoms in total. The molecule has 4 rings (SSSR count). The SMILES string of the molecule is CC(C)[Si](OCC(F)(F)Oc1ccc(N2CC3(CCC3)N[C@H]3CCCC[C@@H]32)cc1)(C(C)C)C(C)C. The fourth-order valence-corrected chi connectivity index (χ4v) is 12.8. The van der Waals surface area contributed by atoms with Crippen LogP contribution < -0.4 is 15.0 Å². The molecule has 1 aromatic rings. The molecule has 0 amide bonds. The van der Waals surface area contributed by atoms with Gasteiger partial charge >= 0.3 is 6.11 Å². The summed E-state index contributed by atoms with van der Waals surface area (Å²) in [5, 5.41) is 3.98. The van der Waals surface area contributed by atoms with Gasteiger partial charge in [0.05, 0.1) is 0 Å². The van der Waals surface area contributed by atoms with E-state index < -0.39 is 21.0 Å². The van der Waals surface area contributed by atoms with Crippen LogP contribution in [-0.4, -0.2) is 45.2 Å². The zero-order valence-corrected chi connectivity index (χ0v) is 23.6. The summed E-state index contributed by atoms with van der Waals surface area (Å²) in [7, 11) is -2.39. The van der Waals surface area contributed by atoms with Gasteiger partial charge in [0, 0.05) is 29.9 Å². The second kappa shape index (κ2) is 10.3. The van der Waals surface area contributed by atoms with Crippen LogP contribution in [0.25, 0.3) is 0 Å². The normalized spacial score (nSPS) is 24.7. The summed E-state index contributed by atoms with van der Waals surface area (Å²) in [6.07, 6.45) is 5.35. The fraction of sp³-hybridized carbons (Fsp3) is 0.786. The minimum atomic E-state index is -3.36. The lowest BCUT2D eigenvalue weighted by atomic mass is 9.71. The number of piperazine rings is 1. The standard InChI is InChI=1S/C28H46F2N2O2Si/c1-20(2)35(21(3)4,22(5)6)33-19-28(29,30)34-24-14-12-23(13-15-24)32-18-27(16-9-17-27)31-25-10-7-8-11-26(25)32/h12-15,20-22,25-26,31H,7-11,16-19H2,1-6H3/t25-,26-/m0/s1. The lowest BCUT2D eigenvalue weighted by molar-refractivity contribution is -0.198. The molecule has 0 bridgehead atoms. The molecule has 2 saturated carbocycles. The number of alkyl halides is 2. The van der Waals surface area contributed by atoms with Gasteiger partial charge in [0.25, 0.3) is 0 Å². The summed E-state index contributed by atoms with van der Waals surface area (Å²) in [6.45, 7) is 12.9. The van der Waals surface area contributed by atoms with Crippen LogP contribution in [-0.2, 0) is 4.43 Å². The molecule has 1 N–H and O–H groups in total. The van der Waals surface area contributed by atoms with Crippen LogP contribution in [0.4, 0.5) is 14.5 Å². The van der Waals surface area contributed by atoms with E-state index in [2.05, 4.69) is 51.8 Å². The molecule has 35 heavy (non-hydrogen) atoms. The Bertz CT molecular complexity index is 820. The van der Waals surface area contributed by atoms with Crippen molar-refractivity contribution in [2.75, 3.05) is 18.1 Å². The highest BCUT2D eigenvalue weighted by Gasteiger charge is 2.49. The largest absolute Gasteiger partial charge is 0.431 e. The molecule has 2 atom stereocenters. The van der Waals surface area contributed by atoms with Gasteiger partial charge in [-0.15, -0.1) is 0 Å². The quantitative estimate of drug-likeness (QED) is 0.350. The summed E-state index contributed by atoms with van der Waals surface area (Å²) in [6, 6.07) is 8.35. The fourth-order valence-electron chi connectivity index (χ4n) is 7.34. The molecule has 3 aliphatic rings. The first-order chi connectivity index (χ1) is 16.5. The van der Waals surface area contributed by atoms with Gasteiger partial charge in [-0.1, -0.05) is 54.4 Å². The lowest BCUT2D eigenvalue weighted by Gasteiger charge is -2.58. The van der Waals surface area contributed by atoms with Crippen molar-refractivity contribution < 1.29 is 17.9 Å². The van der Waals surface area contributed by atoms with Crippen molar-refractivity contribution in [3.63, 3.8) is 0 Å². The van der Waals surface area contributed by atoms with Crippen molar-refractivity contribution in [3.05, 3.63) is 24.3 Å². The summed E-state index contributed by atoms with van der Waals surface area (Å²) in [5.41, 5.74) is 2.10. The Hall–Kier alpha value is -1.18. The highest BCUT2D eigenvalue weighted by Crippen LogP contribution is 2.44. The van der Waals surface area contributed by atoms with Crippen molar-refractivity contribution in [2.45, 2.75) is 127 Å². The number of benzene rings is 1. The van der Waals surface area contributed by atoms with Crippen molar-refractivity contribution in [2.24, 2.45) is 0 Å². The number of hydrogen-bond acceptors (Lipinski definition) is 4. The van der Waals surface area contributed by atoms with Gasteiger partial charge in [-0.25, -0.2) is 0 Å². The first-order valence-electron chi connectivity index (χ1n) is 13.8. The topological polar surface area (TPSA) is 33.7 Å². The van der Waals surface area contributed by atoms with E-state index in [0.717, 1.165) is 12.2 Å². The predicted octanol–water partition coefficient (Wildman–Crippen LogP) is 7.49. The predicted molar refractivity (Wildman–Crippen MR) is 142 cm³/mol. The van der Waals surface area contributed by atoms with Crippen molar-refractivity contribution in [1.82, 2.24) is 5.32 Å². The third-order valence-corrected chi connectivity index (χ3v) is 15.1. The second-order valence-corrected chi connectivity index (χ2v) is 17.7. The molecule has 1 spiro atoms. The molecule has 198 valence electrons. The van der Waals surface area contributed by atoms with Gasteiger partial charge in [0.2, 0.25) is 8.32 Å². The van der Waals surface area contributed by atoms with E-state index >= 15 is 0 Å². The minimum absolute atomic E-state index is 0.196. The smallest absolute Gasteiger partial charge is 0.420 e. The maximum atomic E-state index is 14.9. The molecule has 1 heterocycles. The maximum Gasteiger partial charge on any atom is 0.420 e. The van der Waals surface area contributed by atoms with E-state index in [0.29, 0.717) is 12.1 Å². The van der Waals surface area contributed by atoms with E-state index in [1.165, 1.54) is 44.9 Å². The van der Waals surface area contributed by atoms with Crippen LogP contribution in [0.5, 0.6) is 5.75 Å². The molecular formula is C28H46F2N2O2Si. The number of fused-ring (bicyclic) bond motifs is 1. The Morgan fingerprint density at radius 3 is 2.11 bits per heavy atom. The van der Waals surface area contributed by atoms with Gasteiger partial charge in [-0.3, -0.25) is 0 Å². The van der Waals surface area contributed by atoms with E-state index in [1.54, 1.807) is 12.1 Å². The molecule has 1 saturated heterocycles. The zero-order valence-electron chi connectivity index (χ0n) is 22.6. The molecule has 0 aromatic heterocycles. The van der Waals surface area contributed by atoms with E-state index in [9.17, 15) is 8.78 Å². The minimum Gasteiger partial charge on any atom is -0.431 e. The van der Waals surface area contributed by atoms with Crippen LogP contribution in [0.1, 0.15) is 86.5 Å². The highest BCUT2D eigenvalue weighted by atomic mass is 28.4. The number of nitrogens with zero attached hydrogens (tertiary/aromatic N) is 1. The molecule has 0 unspecified atom stereocenters. The van der Waals surface area contributed by atoms with Crippen molar-refractivity contribution in [3.8, 4) is 5.75 Å². The van der Waals surface area contributed by atoms with Gasteiger partial charge in [0.15, 0.2) is 0 Å².